The molecule has 3 rings (SSSR count). The van der Waals surface area contributed by atoms with Crippen molar-refractivity contribution in [2.75, 3.05) is 14.2 Å². The zero-order valence-corrected chi connectivity index (χ0v) is 13.5. The Morgan fingerprint density at radius 2 is 1.81 bits per heavy atom. The van der Waals surface area contributed by atoms with Crippen LogP contribution in [0.3, 0.4) is 0 Å². The molecule has 1 unspecified atom stereocenters. The molecule has 2 heteroatoms. The van der Waals surface area contributed by atoms with E-state index in [1.165, 1.54) is 56.9 Å². The van der Waals surface area contributed by atoms with Gasteiger partial charge in [0.05, 0.1) is 11.6 Å². The van der Waals surface area contributed by atoms with Crippen LogP contribution >= 0.6 is 0 Å². The van der Waals surface area contributed by atoms with Crippen molar-refractivity contribution < 1.29 is 4.74 Å². The molecule has 0 aromatic heterocycles. The minimum atomic E-state index is -0.0210. The largest absolute Gasteiger partial charge is 0.376 e. The molecule has 0 heterocycles. The van der Waals surface area contributed by atoms with Gasteiger partial charge in [-0.1, -0.05) is 49.9 Å². The Morgan fingerprint density at radius 3 is 2.38 bits per heavy atom. The van der Waals surface area contributed by atoms with Crippen molar-refractivity contribution >= 4 is 0 Å². The maximum absolute atomic E-state index is 6.11. The highest BCUT2D eigenvalue weighted by atomic mass is 16.5. The van der Waals surface area contributed by atoms with Crippen molar-refractivity contribution in [3.05, 3.63) is 35.4 Å². The topological polar surface area (TPSA) is 21.3 Å². The minimum Gasteiger partial charge on any atom is -0.376 e. The number of likely N-dealkylation sites (N-methyl/N-ethyl adjacent to an activating group) is 1. The maximum Gasteiger partial charge on any atom is 0.0872 e. The summed E-state index contributed by atoms with van der Waals surface area (Å²) in [5.74, 6) is 0.773. The normalized spacial score (nSPS) is 23.5. The van der Waals surface area contributed by atoms with Gasteiger partial charge in [0.15, 0.2) is 0 Å². The first kappa shape index (κ1) is 15.1. The Balaban J connectivity index is 1.95. The van der Waals surface area contributed by atoms with Crippen molar-refractivity contribution in [2.45, 2.75) is 68.9 Å². The lowest BCUT2D eigenvalue weighted by molar-refractivity contribution is -0.0674. The van der Waals surface area contributed by atoms with Gasteiger partial charge in [0.2, 0.25) is 0 Å². The summed E-state index contributed by atoms with van der Waals surface area (Å²) in [7, 11) is 4.00. The summed E-state index contributed by atoms with van der Waals surface area (Å²) in [5, 5.41) is 3.60. The molecule has 2 fully saturated rings. The fourth-order valence-electron chi connectivity index (χ4n) is 4.33. The maximum atomic E-state index is 6.11. The highest BCUT2D eigenvalue weighted by molar-refractivity contribution is 5.36. The average Bonchev–Trinajstić information content (AvgIpc) is 2.49. The van der Waals surface area contributed by atoms with Crippen LogP contribution in [0.1, 0.15) is 74.5 Å². The van der Waals surface area contributed by atoms with Gasteiger partial charge in [-0.05, 0) is 49.8 Å². The van der Waals surface area contributed by atoms with E-state index in [2.05, 4.69) is 36.6 Å². The van der Waals surface area contributed by atoms with Crippen LogP contribution < -0.4 is 5.32 Å². The predicted octanol–water partition coefficient (Wildman–Crippen LogP) is 4.56. The van der Waals surface area contributed by atoms with Crippen molar-refractivity contribution in [1.29, 1.82) is 0 Å². The Bertz CT molecular complexity index is 460. The van der Waals surface area contributed by atoms with Gasteiger partial charge in [-0.2, -0.15) is 0 Å². The minimum absolute atomic E-state index is 0.0210. The van der Waals surface area contributed by atoms with Gasteiger partial charge in [-0.15, -0.1) is 0 Å². The second kappa shape index (κ2) is 6.50. The van der Waals surface area contributed by atoms with E-state index < -0.39 is 0 Å². The van der Waals surface area contributed by atoms with Crippen LogP contribution in [0, 0.1) is 0 Å². The third-order valence-electron chi connectivity index (χ3n) is 5.77. The first-order chi connectivity index (χ1) is 10.3. The smallest absolute Gasteiger partial charge is 0.0872 e. The summed E-state index contributed by atoms with van der Waals surface area (Å²) in [4.78, 5) is 0. The molecule has 2 aliphatic rings. The second-order valence-corrected chi connectivity index (χ2v) is 6.81. The summed E-state index contributed by atoms with van der Waals surface area (Å²) in [6.07, 6.45) is 10.4. The van der Waals surface area contributed by atoms with Crippen LogP contribution in [-0.2, 0) is 4.74 Å². The molecule has 0 amide bonds. The molecule has 0 radical (unpaired) electrons. The number of rotatable bonds is 5. The lowest BCUT2D eigenvalue weighted by atomic mass is 9.72. The molecule has 1 N–H and O–H groups in total. The zero-order valence-electron chi connectivity index (χ0n) is 13.5. The standard InChI is InChI=1S/C19H29NO/c1-20-18(19(21-2)13-6-3-7-14-19)17-12-5-4-11-16(17)15-9-8-10-15/h4-5,11-12,15,18,20H,3,6-10,13-14H2,1-2H3. The number of hydrogen-bond donors (Lipinski definition) is 1. The van der Waals surface area contributed by atoms with E-state index in [1.807, 2.05) is 7.11 Å². The van der Waals surface area contributed by atoms with Crippen LogP contribution in [0.25, 0.3) is 0 Å². The van der Waals surface area contributed by atoms with Gasteiger partial charge >= 0.3 is 0 Å². The van der Waals surface area contributed by atoms with E-state index in [1.54, 1.807) is 5.56 Å². The lowest BCUT2D eigenvalue weighted by Crippen LogP contribution is -2.46. The summed E-state index contributed by atoms with van der Waals surface area (Å²) in [5.41, 5.74) is 3.02. The first-order valence-electron chi connectivity index (χ1n) is 8.62. The number of benzene rings is 1. The fraction of sp³-hybridized carbons (Fsp3) is 0.684. The molecule has 1 aromatic carbocycles. The molecule has 116 valence electrons. The van der Waals surface area contributed by atoms with Crippen LogP contribution in [-0.4, -0.2) is 19.8 Å². The van der Waals surface area contributed by atoms with Crippen molar-refractivity contribution in [1.82, 2.24) is 5.32 Å². The highest BCUT2D eigenvalue weighted by Crippen LogP contribution is 2.45. The molecular formula is C19H29NO. The lowest BCUT2D eigenvalue weighted by Gasteiger charge is -2.44. The molecule has 0 bridgehead atoms. The monoisotopic (exact) mass is 287 g/mol. The van der Waals surface area contributed by atoms with Crippen molar-refractivity contribution in [2.24, 2.45) is 0 Å². The van der Waals surface area contributed by atoms with Crippen molar-refractivity contribution in [3.63, 3.8) is 0 Å². The molecular weight excluding hydrogens is 258 g/mol. The molecule has 1 atom stereocenters. The molecule has 2 aliphatic carbocycles. The third kappa shape index (κ3) is 2.76. The van der Waals surface area contributed by atoms with Crippen LogP contribution in [0.4, 0.5) is 0 Å². The molecule has 0 spiro atoms. The van der Waals surface area contributed by atoms with E-state index in [-0.39, 0.29) is 5.60 Å². The summed E-state index contributed by atoms with van der Waals surface area (Å²) in [6.45, 7) is 0. The Morgan fingerprint density at radius 1 is 1.10 bits per heavy atom. The van der Waals surface area contributed by atoms with Crippen LogP contribution in [0.2, 0.25) is 0 Å². The van der Waals surface area contributed by atoms with Gasteiger partial charge in [0.1, 0.15) is 0 Å². The van der Waals surface area contributed by atoms with Crippen LogP contribution in [0.5, 0.6) is 0 Å². The second-order valence-electron chi connectivity index (χ2n) is 6.81. The average molecular weight is 287 g/mol. The summed E-state index contributed by atoms with van der Waals surface area (Å²) >= 11 is 0. The molecule has 0 aliphatic heterocycles. The van der Waals surface area contributed by atoms with Gasteiger partial charge in [-0.3, -0.25) is 0 Å². The molecule has 21 heavy (non-hydrogen) atoms. The zero-order chi connectivity index (χ0) is 14.7. The van der Waals surface area contributed by atoms with Gasteiger partial charge in [-0.25, -0.2) is 0 Å². The molecule has 2 nitrogen and oxygen atoms in total. The Labute approximate surface area is 129 Å². The SMILES string of the molecule is CNC(c1ccccc1C1CCC1)C1(OC)CCCCC1. The van der Waals surface area contributed by atoms with E-state index in [4.69, 9.17) is 4.74 Å². The number of ether oxygens (including phenoxy) is 1. The van der Waals surface area contributed by atoms with E-state index in [0.29, 0.717) is 6.04 Å². The van der Waals surface area contributed by atoms with Gasteiger partial charge in [0.25, 0.3) is 0 Å². The van der Waals surface area contributed by atoms with E-state index in [9.17, 15) is 0 Å². The van der Waals surface area contributed by atoms with E-state index in [0.717, 1.165) is 5.92 Å². The molecule has 2 saturated carbocycles. The highest BCUT2D eigenvalue weighted by Gasteiger charge is 2.41. The fourth-order valence-corrected chi connectivity index (χ4v) is 4.33. The van der Waals surface area contributed by atoms with Crippen LogP contribution in [0.15, 0.2) is 24.3 Å². The summed E-state index contributed by atoms with van der Waals surface area (Å²) in [6, 6.07) is 9.37. The van der Waals surface area contributed by atoms with Crippen molar-refractivity contribution in [3.8, 4) is 0 Å². The number of hydrogen-bond acceptors (Lipinski definition) is 2. The van der Waals surface area contributed by atoms with Gasteiger partial charge < -0.3 is 10.1 Å². The van der Waals surface area contributed by atoms with Gasteiger partial charge in [0, 0.05) is 7.11 Å². The number of nitrogens with one attached hydrogen (secondary N) is 1. The third-order valence-corrected chi connectivity index (χ3v) is 5.77. The predicted molar refractivity (Wildman–Crippen MR) is 87.7 cm³/mol. The number of methoxy groups -OCH3 is 1. The Kier molecular flexibility index (Phi) is 4.66. The first-order valence-corrected chi connectivity index (χ1v) is 8.62. The Hall–Kier alpha value is -0.860. The quantitative estimate of drug-likeness (QED) is 0.857. The summed E-state index contributed by atoms with van der Waals surface area (Å²) < 4.78 is 6.11. The van der Waals surface area contributed by atoms with E-state index >= 15 is 0 Å². The molecule has 0 saturated heterocycles. The molecule has 1 aromatic rings.